The molecule has 0 saturated heterocycles. The van der Waals surface area contributed by atoms with Crippen molar-refractivity contribution in [1.82, 2.24) is 4.98 Å². The van der Waals surface area contributed by atoms with Crippen molar-refractivity contribution in [3.05, 3.63) is 67.7 Å². The molecule has 0 radical (unpaired) electrons. The lowest BCUT2D eigenvalue weighted by molar-refractivity contribution is 0.104. The molecular weight excluding hydrogens is 372 g/mol. The summed E-state index contributed by atoms with van der Waals surface area (Å²) in [6, 6.07) is 8.90. The number of rotatable bonds is 4. The van der Waals surface area contributed by atoms with Gasteiger partial charge in [0.25, 0.3) is 0 Å². The number of nitrogens with zero attached hydrogens (tertiary/aromatic N) is 1. The van der Waals surface area contributed by atoms with E-state index in [-0.39, 0.29) is 26.1 Å². The molecule has 0 saturated carbocycles. The van der Waals surface area contributed by atoms with E-state index >= 15 is 0 Å². The van der Waals surface area contributed by atoms with Crippen molar-refractivity contribution >= 4 is 63.9 Å². The maximum Gasteiger partial charge on any atom is 0.186 e. The first-order valence-corrected chi connectivity index (χ1v) is 8.02. The molecule has 0 aliphatic heterocycles. The molecule has 0 atom stereocenters. The molecule has 2 nitrogen and oxygen atoms in total. The molecule has 0 spiro atoms. The molecule has 0 aliphatic carbocycles. The second-order valence-electron chi connectivity index (χ2n) is 3.80. The van der Waals surface area contributed by atoms with Gasteiger partial charge in [-0.05, 0) is 11.5 Å². The van der Waals surface area contributed by atoms with Gasteiger partial charge in [-0.1, -0.05) is 88.5 Å². The quantitative estimate of drug-likeness (QED) is 0.275. The molecule has 1 aromatic carbocycles. The second-order valence-corrected chi connectivity index (χ2v) is 6.19. The zero-order chi connectivity index (χ0) is 15.4. The number of hydrogen-bond donors (Lipinski definition) is 0. The van der Waals surface area contributed by atoms with Gasteiger partial charge < -0.3 is 0 Å². The second kappa shape index (κ2) is 7.52. The molecule has 0 fully saturated rings. The van der Waals surface area contributed by atoms with Crippen LogP contribution >= 0.6 is 58.2 Å². The molecular formula is C14H7Cl4NOS. The Labute approximate surface area is 146 Å². The lowest BCUT2D eigenvalue weighted by Crippen LogP contribution is -1.92. The number of allylic oxidation sites excluding steroid dienone is 1. The van der Waals surface area contributed by atoms with Crippen LogP contribution in [0.25, 0.3) is 0 Å². The minimum absolute atomic E-state index is 0.0661. The molecule has 2 rings (SSSR count). The molecule has 0 bridgehead atoms. The first-order chi connectivity index (χ1) is 10.0. The maximum atomic E-state index is 11.9. The van der Waals surface area contributed by atoms with Gasteiger partial charge in [-0.3, -0.25) is 4.79 Å². The number of carbonyl (C=O) groups excluding carboxylic acids is 1. The van der Waals surface area contributed by atoms with Gasteiger partial charge in [-0.25, -0.2) is 4.98 Å². The summed E-state index contributed by atoms with van der Waals surface area (Å²) in [4.78, 5) is 16.2. The van der Waals surface area contributed by atoms with Gasteiger partial charge in [0.2, 0.25) is 0 Å². The van der Waals surface area contributed by atoms with Crippen LogP contribution in [-0.4, -0.2) is 10.8 Å². The molecule has 1 aromatic heterocycles. The Bertz CT molecular complexity index is 678. The standard InChI is InChI=1S/C14H7Cl4NOS/c15-10-12(11(16)14(18)19-13(10)17)21-7-6-9(20)8-4-2-1-3-5-8/h1-7H. The van der Waals surface area contributed by atoms with Crippen molar-refractivity contribution in [1.29, 1.82) is 0 Å². The summed E-state index contributed by atoms with van der Waals surface area (Å²) in [5, 5.41) is 2.11. The minimum atomic E-state index is -0.124. The number of pyridine rings is 1. The summed E-state index contributed by atoms with van der Waals surface area (Å²) in [5.74, 6) is -0.124. The normalized spacial score (nSPS) is 11.0. The van der Waals surface area contributed by atoms with E-state index in [1.54, 1.807) is 29.7 Å². The summed E-state index contributed by atoms with van der Waals surface area (Å²) < 4.78 is 0. The number of thioether (sulfide) groups is 1. The third-order valence-electron chi connectivity index (χ3n) is 2.42. The topological polar surface area (TPSA) is 30.0 Å². The maximum absolute atomic E-state index is 11.9. The van der Waals surface area contributed by atoms with Gasteiger partial charge in [-0.2, -0.15) is 0 Å². The lowest BCUT2D eigenvalue weighted by Gasteiger charge is -2.06. The fourth-order valence-corrected chi connectivity index (χ4v) is 3.26. The lowest BCUT2D eigenvalue weighted by atomic mass is 10.1. The summed E-state index contributed by atoms with van der Waals surface area (Å²) >= 11 is 24.9. The highest BCUT2D eigenvalue weighted by Crippen LogP contribution is 2.41. The van der Waals surface area contributed by atoms with Crippen molar-refractivity contribution in [2.45, 2.75) is 4.90 Å². The van der Waals surface area contributed by atoms with E-state index in [1.807, 2.05) is 6.07 Å². The van der Waals surface area contributed by atoms with Crippen LogP contribution in [0.15, 0.2) is 46.7 Å². The van der Waals surface area contributed by atoms with Gasteiger partial charge in [0.15, 0.2) is 16.1 Å². The Kier molecular flexibility index (Phi) is 5.97. The van der Waals surface area contributed by atoms with Crippen LogP contribution in [0, 0.1) is 0 Å². The van der Waals surface area contributed by atoms with Crippen molar-refractivity contribution < 1.29 is 4.79 Å². The molecule has 1 heterocycles. The van der Waals surface area contributed by atoms with Crippen molar-refractivity contribution in [2.24, 2.45) is 0 Å². The molecule has 0 aliphatic rings. The Hall–Kier alpha value is -0.710. The van der Waals surface area contributed by atoms with E-state index < -0.39 is 0 Å². The SMILES string of the molecule is O=C(C=CSc1c(Cl)c(Cl)nc(Cl)c1Cl)c1ccccc1. The number of carbonyl (C=O) groups is 1. The number of aromatic nitrogens is 1. The van der Waals surface area contributed by atoms with E-state index in [0.29, 0.717) is 10.5 Å². The Morgan fingerprint density at radius 2 is 1.57 bits per heavy atom. The molecule has 7 heteroatoms. The number of hydrogen-bond acceptors (Lipinski definition) is 3. The third-order valence-corrected chi connectivity index (χ3v) is 5.04. The van der Waals surface area contributed by atoms with Gasteiger partial charge in [0.05, 0.1) is 14.9 Å². The fourth-order valence-electron chi connectivity index (χ4n) is 1.43. The molecule has 0 amide bonds. The summed E-state index contributed by atoms with van der Waals surface area (Å²) in [5.41, 5.74) is 0.595. The Morgan fingerprint density at radius 1 is 1.00 bits per heavy atom. The number of halogens is 4. The van der Waals surface area contributed by atoms with Crippen molar-refractivity contribution in [3.63, 3.8) is 0 Å². The highest BCUT2D eigenvalue weighted by atomic mass is 35.5. The van der Waals surface area contributed by atoms with Gasteiger partial charge in [0, 0.05) is 5.56 Å². The predicted molar refractivity (Wildman–Crippen MR) is 90.0 cm³/mol. The zero-order valence-electron chi connectivity index (χ0n) is 10.3. The van der Waals surface area contributed by atoms with Crippen LogP contribution in [0.3, 0.4) is 0 Å². The monoisotopic (exact) mass is 377 g/mol. The van der Waals surface area contributed by atoms with Gasteiger partial charge in [-0.15, -0.1) is 0 Å². The van der Waals surface area contributed by atoms with Crippen molar-refractivity contribution in [2.75, 3.05) is 0 Å². The molecule has 0 unspecified atom stereocenters. The molecule has 0 N–H and O–H groups in total. The summed E-state index contributed by atoms with van der Waals surface area (Å²) in [6.45, 7) is 0. The largest absolute Gasteiger partial charge is 0.289 e. The minimum Gasteiger partial charge on any atom is -0.289 e. The summed E-state index contributed by atoms with van der Waals surface area (Å²) in [6.07, 6.45) is 1.43. The highest BCUT2D eigenvalue weighted by Gasteiger charge is 2.15. The van der Waals surface area contributed by atoms with Crippen LogP contribution in [0.4, 0.5) is 0 Å². The van der Waals surface area contributed by atoms with Gasteiger partial charge >= 0.3 is 0 Å². The first-order valence-electron chi connectivity index (χ1n) is 5.63. The van der Waals surface area contributed by atoms with Crippen LogP contribution in [0.1, 0.15) is 10.4 Å². The fraction of sp³-hybridized carbons (Fsp3) is 0. The molecule has 2 aromatic rings. The average Bonchev–Trinajstić information content (AvgIpc) is 2.49. The summed E-state index contributed by atoms with van der Waals surface area (Å²) in [7, 11) is 0. The van der Waals surface area contributed by atoms with Crippen LogP contribution < -0.4 is 0 Å². The van der Waals surface area contributed by atoms with E-state index in [2.05, 4.69) is 4.98 Å². The Morgan fingerprint density at radius 3 is 2.14 bits per heavy atom. The average molecular weight is 379 g/mol. The smallest absolute Gasteiger partial charge is 0.186 e. The van der Waals surface area contributed by atoms with E-state index in [1.165, 1.54) is 6.08 Å². The van der Waals surface area contributed by atoms with Crippen molar-refractivity contribution in [3.8, 4) is 0 Å². The predicted octanol–water partition coefficient (Wildman–Crippen LogP) is 6.18. The van der Waals surface area contributed by atoms with E-state index in [4.69, 9.17) is 46.4 Å². The zero-order valence-corrected chi connectivity index (χ0v) is 14.2. The van der Waals surface area contributed by atoms with E-state index in [9.17, 15) is 4.79 Å². The third kappa shape index (κ3) is 4.15. The van der Waals surface area contributed by atoms with Crippen LogP contribution in [0.2, 0.25) is 20.4 Å². The van der Waals surface area contributed by atoms with Gasteiger partial charge in [0.1, 0.15) is 0 Å². The first kappa shape index (κ1) is 16.7. The Balaban J connectivity index is 2.17. The number of benzene rings is 1. The van der Waals surface area contributed by atoms with Crippen LogP contribution in [0.5, 0.6) is 0 Å². The number of ketones is 1. The van der Waals surface area contributed by atoms with E-state index in [0.717, 1.165) is 11.8 Å². The molecule has 21 heavy (non-hydrogen) atoms. The molecule has 108 valence electrons. The highest BCUT2D eigenvalue weighted by molar-refractivity contribution is 8.02. The van der Waals surface area contributed by atoms with Crippen LogP contribution in [-0.2, 0) is 0 Å².